The average molecular weight is 1130 g/mol. The van der Waals surface area contributed by atoms with Gasteiger partial charge in [-0.25, -0.2) is 9.59 Å². The van der Waals surface area contributed by atoms with Gasteiger partial charge >= 0.3 is 23.9 Å². The number of esters is 2. The summed E-state index contributed by atoms with van der Waals surface area (Å²) < 4.78 is 17.0. The van der Waals surface area contributed by atoms with E-state index in [-0.39, 0.29) is 62.2 Å². The Kier molecular flexibility index (Phi) is 22.6. The van der Waals surface area contributed by atoms with E-state index in [4.69, 9.17) is 19.9 Å². The lowest BCUT2D eigenvalue weighted by molar-refractivity contribution is -0.163. The number of rotatable bonds is 27. The molecule has 0 spiro atoms. The van der Waals surface area contributed by atoms with Crippen LogP contribution in [0.5, 0.6) is 11.5 Å². The van der Waals surface area contributed by atoms with E-state index in [0.29, 0.717) is 67.4 Å². The second-order valence-corrected chi connectivity index (χ2v) is 24.4. The molecule has 1 aliphatic carbocycles. The number of hydrogen-bond acceptors (Lipinski definition) is 13. The topological polar surface area (TPSA) is 292 Å². The smallest absolute Gasteiger partial charge is 0.397 e. The first-order valence-electron chi connectivity index (χ1n) is 28.1. The van der Waals surface area contributed by atoms with Gasteiger partial charge < -0.3 is 57.2 Å². The number of nitrogens with one attached hydrogen (secondary N) is 7. The van der Waals surface area contributed by atoms with Gasteiger partial charge in [0.2, 0.25) is 29.5 Å². The number of ether oxygens (including phenoxy) is 3. The third-order valence-electron chi connectivity index (χ3n) is 14.1. The molecule has 0 bridgehead atoms. The maximum atomic E-state index is 14.4. The van der Waals surface area contributed by atoms with Crippen molar-refractivity contribution in [3.63, 3.8) is 0 Å². The Morgan fingerprint density at radius 1 is 0.738 bits per heavy atom. The Balaban J connectivity index is 0.972. The molecule has 0 aromatic heterocycles. The summed E-state index contributed by atoms with van der Waals surface area (Å²) in [6.45, 7) is 11.3. The second kappa shape index (κ2) is 29.0. The van der Waals surface area contributed by atoms with Crippen LogP contribution in [0.3, 0.4) is 0 Å². The molecule has 5 atom stereocenters. The third kappa shape index (κ3) is 19.4. The first-order chi connectivity index (χ1) is 38.0. The highest BCUT2D eigenvalue weighted by Crippen LogP contribution is 2.34. The van der Waals surface area contributed by atoms with Gasteiger partial charge in [0.1, 0.15) is 40.3 Å². The van der Waals surface area contributed by atoms with E-state index in [1.807, 2.05) is 62.9 Å². The van der Waals surface area contributed by atoms with Crippen molar-refractivity contribution in [2.24, 2.45) is 5.73 Å². The van der Waals surface area contributed by atoms with Crippen LogP contribution < -0.4 is 52.4 Å². The number of aryl methyl sites for hydroxylation is 1. The number of thioether (sulfide) groups is 1. The number of amides is 8. The van der Waals surface area contributed by atoms with Crippen LogP contribution in [0, 0.1) is 0 Å². The van der Waals surface area contributed by atoms with Crippen molar-refractivity contribution >= 4 is 75.9 Å². The van der Waals surface area contributed by atoms with Gasteiger partial charge in [-0.3, -0.25) is 33.6 Å². The molecule has 8 amide bonds. The molecule has 3 aliphatic rings. The van der Waals surface area contributed by atoms with Gasteiger partial charge in [0.15, 0.2) is 0 Å². The Morgan fingerprint density at radius 2 is 1.44 bits per heavy atom. The van der Waals surface area contributed by atoms with Crippen LogP contribution in [0.1, 0.15) is 149 Å². The number of unbranched alkanes of at least 4 members (excludes halogenated alkanes) is 3. The summed E-state index contributed by atoms with van der Waals surface area (Å²) in [7, 11) is 0. The summed E-state index contributed by atoms with van der Waals surface area (Å²) in [5.74, 6) is -3.66. The SMILES string of the molecule is CC(C)(C)OC(=O)C(=O)N[C@@H](Cc1ccc(OC(C)(C)C)cc1)C(=O)NC1(C(=O)N[C@@H](CC(N)=O)C(=O)NCCCc2cccc3c(OC(=O)CCCCCNC(=O)CCCC[C@@H]4SC[C@@H]5NC(=O)N[C@@H]54)cccc23)CCCCC1. The number of carbonyl (C=O) groups excluding carboxylic acids is 9. The van der Waals surface area contributed by atoms with E-state index in [9.17, 15) is 43.2 Å². The lowest BCUT2D eigenvalue weighted by Crippen LogP contribution is -2.65. The first-order valence-corrected chi connectivity index (χ1v) is 29.2. The Labute approximate surface area is 473 Å². The minimum absolute atomic E-state index is 0.0170. The molecule has 20 nitrogen and oxygen atoms in total. The normalized spacial score (nSPS) is 18.3. The number of hydrogen-bond donors (Lipinski definition) is 8. The standard InChI is InChI=1S/C59H82N8O12S/c1-57(2,3)78-39-28-26-37(27-29-39)34-42(63-53(73)54(74)79-58(4,5)6)52(72)67-59(30-12-8-13-31-59)55(75)64-43(35-47(60)68)51(71)62-33-17-19-38-18-15-21-41-40(38)20-16-22-45(41)77-49(70)25-9-7-14-32-61-48(69)24-11-10-23-46-50-44(36-80-46)65-56(76)66-50/h15-16,18,20-22,26-29,42-44,46,50H,7-14,17,19,23-25,30-36H2,1-6H3,(H2,60,68)(H,61,69)(H,62,71)(H,63,73)(H,64,75)(H,67,72)(H2,65,66,76)/t42-,43-,44-,46-,50-/m0/s1. The van der Waals surface area contributed by atoms with Gasteiger partial charge in [-0.15, -0.1) is 0 Å². The molecule has 2 aliphatic heterocycles. The van der Waals surface area contributed by atoms with E-state index in [2.05, 4.69) is 37.2 Å². The summed E-state index contributed by atoms with van der Waals surface area (Å²) in [6.07, 6.45) is 8.13. The molecule has 21 heteroatoms. The maximum Gasteiger partial charge on any atom is 0.397 e. The third-order valence-corrected chi connectivity index (χ3v) is 15.6. The maximum absolute atomic E-state index is 14.4. The molecule has 9 N–H and O–H groups in total. The van der Waals surface area contributed by atoms with Gasteiger partial charge in [0.05, 0.1) is 18.5 Å². The van der Waals surface area contributed by atoms with Gasteiger partial charge in [0.25, 0.3) is 0 Å². The molecule has 1 saturated carbocycles. The van der Waals surface area contributed by atoms with Crippen molar-refractivity contribution in [1.29, 1.82) is 0 Å². The minimum atomic E-state index is -1.54. The molecular weight excluding hydrogens is 1040 g/mol. The van der Waals surface area contributed by atoms with Crippen molar-refractivity contribution in [2.45, 2.75) is 197 Å². The van der Waals surface area contributed by atoms with Crippen LogP contribution in [-0.4, -0.2) is 118 Å². The van der Waals surface area contributed by atoms with E-state index >= 15 is 0 Å². The fraction of sp³-hybridized carbons (Fsp3) is 0.576. The molecule has 436 valence electrons. The molecule has 0 unspecified atom stereocenters. The zero-order valence-corrected chi connectivity index (χ0v) is 48.0. The fourth-order valence-electron chi connectivity index (χ4n) is 10.2. The van der Waals surface area contributed by atoms with Gasteiger partial charge in [0, 0.05) is 48.7 Å². The molecule has 80 heavy (non-hydrogen) atoms. The number of fused-ring (bicyclic) bond motifs is 2. The first kappa shape index (κ1) is 62.3. The quantitative estimate of drug-likeness (QED) is 0.0151. The monoisotopic (exact) mass is 1130 g/mol. The largest absolute Gasteiger partial charge is 0.488 e. The fourth-order valence-corrected chi connectivity index (χ4v) is 11.8. The highest BCUT2D eigenvalue weighted by molar-refractivity contribution is 8.00. The summed E-state index contributed by atoms with van der Waals surface area (Å²) in [4.78, 5) is 118. The van der Waals surface area contributed by atoms with Gasteiger partial charge in [-0.1, -0.05) is 74.6 Å². The molecule has 3 aromatic rings. The van der Waals surface area contributed by atoms with Crippen LogP contribution in [-0.2, 0) is 55.9 Å². The minimum Gasteiger partial charge on any atom is -0.488 e. The molecule has 2 heterocycles. The van der Waals surface area contributed by atoms with Crippen molar-refractivity contribution < 1.29 is 57.4 Å². The predicted molar refractivity (Wildman–Crippen MR) is 304 cm³/mol. The zero-order valence-electron chi connectivity index (χ0n) is 47.2. The Bertz CT molecular complexity index is 2680. The van der Waals surface area contributed by atoms with Crippen LogP contribution in [0.15, 0.2) is 60.7 Å². The van der Waals surface area contributed by atoms with E-state index in [1.54, 1.807) is 51.1 Å². The van der Waals surface area contributed by atoms with Crippen LogP contribution in [0.25, 0.3) is 10.8 Å². The summed E-state index contributed by atoms with van der Waals surface area (Å²) in [5, 5.41) is 21.9. The van der Waals surface area contributed by atoms with E-state index < -0.39 is 70.8 Å². The zero-order chi connectivity index (χ0) is 58.0. The van der Waals surface area contributed by atoms with Crippen molar-refractivity contribution in [2.75, 3.05) is 18.8 Å². The summed E-state index contributed by atoms with van der Waals surface area (Å²) >= 11 is 1.87. The number of urea groups is 1. The summed E-state index contributed by atoms with van der Waals surface area (Å²) in [6, 6.07) is 15.7. The Morgan fingerprint density at radius 3 is 2.15 bits per heavy atom. The molecular formula is C59H82N8O12S. The molecule has 6 rings (SSSR count). The molecule has 3 aromatic carbocycles. The average Bonchev–Trinajstić information content (AvgIpc) is 3.95. The Hall–Kier alpha value is -6.90. The number of nitrogens with two attached hydrogens (primary N) is 1. The van der Waals surface area contributed by atoms with E-state index in [1.165, 1.54) is 0 Å². The highest BCUT2D eigenvalue weighted by Gasteiger charge is 2.45. The van der Waals surface area contributed by atoms with Crippen molar-refractivity contribution in [1.82, 2.24) is 37.2 Å². The number of primary amides is 1. The van der Waals surface area contributed by atoms with E-state index in [0.717, 1.165) is 60.6 Å². The van der Waals surface area contributed by atoms with Crippen molar-refractivity contribution in [3.05, 3.63) is 71.8 Å². The van der Waals surface area contributed by atoms with Crippen LogP contribution >= 0.6 is 11.8 Å². The van der Waals surface area contributed by atoms with Crippen molar-refractivity contribution in [3.8, 4) is 11.5 Å². The van der Waals surface area contributed by atoms with Crippen LogP contribution in [0.2, 0.25) is 0 Å². The van der Waals surface area contributed by atoms with Gasteiger partial charge in [-0.05, 0) is 128 Å². The predicted octanol–water partition coefficient (Wildman–Crippen LogP) is 5.62. The number of benzene rings is 3. The second-order valence-electron chi connectivity index (χ2n) is 23.1. The lowest BCUT2D eigenvalue weighted by atomic mass is 9.80. The molecule has 3 fully saturated rings. The van der Waals surface area contributed by atoms with Gasteiger partial charge in [-0.2, -0.15) is 11.8 Å². The molecule has 0 radical (unpaired) electrons. The van der Waals surface area contributed by atoms with Crippen LogP contribution in [0.4, 0.5) is 4.79 Å². The number of carbonyl (C=O) groups is 9. The summed E-state index contributed by atoms with van der Waals surface area (Å²) in [5.41, 5.74) is 4.18. The molecule has 2 saturated heterocycles. The lowest BCUT2D eigenvalue weighted by Gasteiger charge is -2.38. The highest BCUT2D eigenvalue weighted by atomic mass is 32.2.